The summed E-state index contributed by atoms with van der Waals surface area (Å²) in [7, 11) is 0. The second-order valence-corrected chi connectivity index (χ2v) is 6.50. The number of aliphatic carboxylic acids is 1. The SMILES string of the molecule is CCCCCCCCC(CCCC)CSCC(=O)O. The first kappa shape index (κ1) is 18.8. The van der Waals surface area contributed by atoms with Crippen LogP contribution >= 0.6 is 11.8 Å². The lowest BCUT2D eigenvalue weighted by Crippen LogP contribution is -2.07. The van der Waals surface area contributed by atoms with E-state index in [2.05, 4.69) is 13.8 Å². The molecule has 0 aliphatic rings. The molecule has 0 aromatic rings. The zero-order chi connectivity index (χ0) is 14.3. The predicted octanol–water partition coefficient (Wildman–Crippen LogP) is 5.36. The average molecular weight is 288 g/mol. The van der Waals surface area contributed by atoms with E-state index in [0.29, 0.717) is 0 Å². The molecule has 0 rings (SSSR count). The van der Waals surface area contributed by atoms with Crippen LogP contribution in [0.5, 0.6) is 0 Å². The van der Waals surface area contributed by atoms with E-state index < -0.39 is 5.97 Å². The lowest BCUT2D eigenvalue weighted by molar-refractivity contribution is -0.133. The molecule has 0 aromatic heterocycles. The smallest absolute Gasteiger partial charge is 0.313 e. The second-order valence-electron chi connectivity index (χ2n) is 5.47. The topological polar surface area (TPSA) is 37.3 Å². The molecule has 1 unspecified atom stereocenters. The summed E-state index contributed by atoms with van der Waals surface area (Å²) in [6, 6.07) is 0. The Morgan fingerprint density at radius 1 is 0.947 bits per heavy atom. The highest BCUT2D eigenvalue weighted by Gasteiger charge is 2.09. The van der Waals surface area contributed by atoms with Crippen LogP contribution in [0.15, 0.2) is 0 Å². The number of rotatable bonds is 14. The Morgan fingerprint density at radius 3 is 2.16 bits per heavy atom. The van der Waals surface area contributed by atoms with Gasteiger partial charge in [-0.15, -0.1) is 11.8 Å². The van der Waals surface area contributed by atoms with E-state index in [4.69, 9.17) is 5.11 Å². The number of hydrogen-bond acceptors (Lipinski definition) is 2. The van der Waals surface area contributed by atoms with Gasteiger partial charge in [-0.05, 0) is 24.5 Å². The zero-order valence-corrected chi connectivity index (χ0v) is 13.6. The Morgan fingerprint density at radius 2 is 1.53 bits per heavy atom. The molecule has 1 N–H and O–H groups in total. The van der Waals surface area contributed by atoms with Gasteiger partial charge >= 0.3 is 5.97 Å². The second kappa shape index (κ2) is 14.2. The van der Waals surface area contributed by atoms with Crippen molar-refractivity contribution in [3.05, 3.63) is 0 Å². The number of unbranched alkanes of at least 4 members (excludes halogenated alkanes) is 6. The van der Waals surface area contributed by atoms with Crippen LogP contribution in [-0.2, 0) is 4.79 Å². The summed E-state index contributed by atoms with van der Waals surface area (Å²) in [6.45, 7) is 4.48. The van der Waals surface area contributed by atoms with Crippen LogP contribution < -0.4 is 0 Å². The highest BCUT2D eigenvalue weighted by atomic mass is 32.2. The number of carboxylic acid groups (broad SMARTS) is 1. The monoisotopic (exact) mass is 288 g/mol. The maximum absolute atomic E-state index is 10.5. The fraction of sp³-hybridized carbons (Fsp3) is 0.938. The molecule has 0 amide bonds. The molecule has 0 aromatic carbocycles. The maximum Gasteiger partial charge on any atom is 0.313 e. The maximum atomic E-state index is 10.5. The first-order valence-electron chi connectivity index (χ1n) is 8.00. The average Bonchev–Trinajstić information content (AvgIpc) is 2.38. The van der Waals surface area contributed by atoms with Gasteiger partial charge in [0.25, 0.3) is 0 Å². The number of hydrogen-bond donors (Lipinski definition) is 1. The van der Waals surface area contributed by atoms with Crippen molar-refractivity contribution < 1.29 is 9.90 Å². The van der Waals surface area contributed by atoms with Crippen molar-refractivity contribution in [3.63, 3.8) is 0 Å². The van der Waals surface area contributed by atoms with Crippen LogP contribution in [0.25, 0.3) is 0 Å². The first-order chi connectivity index (χ1) is 9.20. The van der Waals surface area contributed by atoms with Crippen LogP contribution in [0.4, 0.5) is 0 Å². The minimum absolute atomic E-state index is 0.263. The van der Waals surface area contributed by atoms with Crippen molar-refractivity contribution in [1.82, 2.24) is 0 Å². The molecule has 2 nitrogen and oxygen atoms in total. The van der Waals surface area contributed by atoms with Crippen molar-refractivity contribution in [2.75, 3.05) is 11.5 Å². The minimum Gasteiger partial charge on any atom is -0.481 e. The molecule has 114 valence electrons. The summed E-state index contributed by atoms with van der Waals surface area (Å²) >= 11 is 1.59. The standard InChI is InChI=1S/C16H32O2S/c1-3-5-7-8-9-10-12-15(11-6-4-2)13-19-14-16(17)18/h15H,3-14H2,1-2H3,(H,17,18). The lowest BCUT2D eigenvalue weighted by atomic mass is 9.97. The highest BCUT2D eigenvalue weighted by Crippen LogP contribution is 2.22. The number of thioether (sulfide) groups is 1. The van der Waals surface area contributed by atoms with Gasteiger partial charge in [0.1, 0.15) is 0 Å². The molecular formula is C16H32O2S. The predicted molar refractivity (Wildman–Crippen MR) is 86.0 cm³/mol. The van der Waals surface area contributed by atoms with Gasteiger partial charge < -0.3 is 5.11 Å². The lowest BCUT2D eigenvalue weighted by Gasteiger charge is -2.15. The molecule has 0 spiro atoms. The first-order valence-corrected chi connectivity index (χ1v) is 9.15. The van der Waals surface area contributed by atoms with Crippen LogP contribution in [-0.4, -0.2) is 22.6 Å². The van der Waals surface area contributed by atoms with Crippen LogP contribution in [0.2, 0.25) is 0 Å². The van der Waals surface area contributed by atoms with Gasteiger partial charge in [0.2, 0.25) is 0 Å². The van der Waals surface area contributed by atoms with Gasteiger partial charge in [-0.3, -0.25) is 4.79 Å². The van der Waals surface area contributed by atoms with Gasteiger partial charge in [0.05, 0.1) is 5.75 Å². The summed E-state index contributed by atoms with van der Waals surface area (Å²) in [5.41, 5.74) is 0. The summed E-state index contributed by atoms with van der Waals surface area (Å²) in [5.74, 6) is 1.34. The van der Waals surface area contributed by atoms with E-state index in [0.717, 1.165) is 11.7 Å². The van der Waals surface area contributed by atoms with E-state index in [1.54, 1.807) is 11.8 Å². The Labute approximate surface area is 123 Å². The Balaban J connectivity index is 3.63. The van der Waals surface area contributed by atoms with E-state index in [-0.39, 0.29) is 5.75 Å². The third kappa shape index (κ3) is 14.0. The molecule has 19 heavy (non-hydrogen) atoms. The van der Waals surface area contributed by atoms with Crippen molar-refractivity contribution >= 4 is 17.7 Å². The van der Waals surface area contributed by atoms with Crippen LogP contribution in [0, 0.1) is 5.92 Å². The largest absolute Gasteiger partial charge is 0.481 e. The summed E-state index contributed by atoms with van der Waals surface area (Å²) in [6.07, 6.45) is 13.2. The van der Waals surface area contributed by atoms with Crippen molar-refractivity contribution in [1.29, 1.82) is 0 Å². The Kier molecular flexibility index (Phi) is 14.1. The van der Waals surface area contributed by atoms with E-state index in [1.165, 1.54) is 64.2 Å². The molecule has 0 aliphatic heterocycles. The molecule has 0 aliphatic carbocycles. The molecular weight excluding hydrogens is 256 g/mol. The summed E-state index contributed by atoms with van der Waals surface area (Å²) < 4.78 is 0. The molecule has 1 atom stereocenters. The quantitative estimate of drug-likeness (QED) is 0.437. The molecule has 3 heteroatoms. The van der Waals surface area contributed by atoms with Gasteiger partial charge in [0.15, 0.2) is 0 Å². The molecule has 0 saturated carbocycles. The Hall–Kier alpha value is -0.180. The fourth-order valence-electron chi connectivity index (χ4n) is 2.33. The third-order valence-corrected chi connectivity index (χ3v) is 4.67. The molecule has 0 bridgehead atoms. The molecule has 0 fully saturated rings. The van der Waals surface area contributed by atoms with Gasteiger partial charge in [-0.1, -0.05) is 65.2 Å². The van der Waals surface area contributed by atoms with Crippen molar-refractivity contribution in [2.45, 2.75) is 78.1 Å². The van der Waals surface area contributed by atoms with Gasteiger partial charge in [-0.2, -0.15) is 0 Å². The van der Waals surface area contributed by atoms with E-state index >= 15 is 0 Å². The number of carbonyl (C=O) groups is 1. The van der Waals surface area contributed by atoms with Gasteiger partial charge in [-0.25, -0.2) is 0 Å². The molecule has 0 saturated heterocycles. The zero-order valence-electron chi connectivity index (χ0n) is 12.8. The van der Waals surface area contributed by atoms with Crippen molar-refractivity contribution in [2.24, 2.45) is 5.92 Å². The van der Waals surface area contributed by atoms with E-state index in [1.807, 2.05) is 0 Å². The van der Waals surface area contributed by atoms with Crippen LogP contribution in [0.3, 0.4) is 0 Å². The summed E-state index contributed by atoms with van der Waals surface area (Å²) in [5, 5.41) is 8.68. The normalized spacial score (nSPS) is 12.5. The van der Waals surface area contributed by atoms with E-state index in [9.17, 15) is 4.79 Å². The number of carboxylic acids is 1. The third-order valence-electron chi connectivity index (χ3n) is 3.51. The fourth-order valence-corrected chi connectivity index (χ4v) is 3.29. The van der Waals surface area contributed by atoms with Crippen LogP contribution in [0.1, 0.15) is 78.1 Å². The summed E-state index contributed by atoms with van der Waals surface area (Å²) in [4.78, 5) is 10.5. The van der Waals surface area contributed by atoms with Crippen molar-refractivity contribution in [3.8, 4) is 0 Å². The minimum atomic E-state index is -0.682. The highest BCUT2D eigenvalue weighted by molar-refractivity contribution is 7.99. The van der Waals surface area contributed by atoms with Gasteiger partial charge in [0, 0.05) is 0 Å². The Bertz CT molecular complexity index is 207. The molecule has 0 radical (unpaired) electrons. The molecule has 0 heterocycles.